The zero-order valence-electron chi connectivity index (χ0n) is 19.4. The van der Waals surface area contributed by atoms with Crippen LogP contribution in [0.5, 0.6) is 0 Å². The van der Waals surface area contributed by atoms with Gasteiger partial charge in [-0.2, -0.15) is 44.6 Å². The Labute approximate surface area is 207 Å². The Kier molecular flexibility index (Phi) is 7.44. The fourth-order valence-corrected chi connectivity index (χ4v) is 3.59. The van der Waals surface area contributed by atoms with Gasteiger partial charge in [-0.3, -0.25) is 14.3 Å². The van der Waals surface area contributed by atoms with E-state index in [9.17, 15) is 49.1 Å². The normalized spacial score (nSPS) is 18.1. The zero-order chi connectivity index (χ0) is 28.7. The van der Waals surface area contributed by atoms with Crippen molar-refractivity contribution in [2.75, 3.05) is 13.1 Å². The molecule has 0 spiro atoms. The lowest BCUT2D eigenvalue weighted by Gasteiger charge is -2.29. The molecule has 0 saturated carbocycles. The van der Waals surface area contributed by atoms with Crippen LogP contribution >= 0.6 is 0 Å². The topological polar surface area (TPSA) is 97.6 Å². The molecule has 1 aliphatic rings. The Morgan fingerprint density at radius 2 is 1.74 bits per heavy atom. The lowest BCUT2D eigenvalue weighted by atomic mass is 9.86. The highest BCUT2D eigenvalue weighted by Gasteiger charge is 2.65. The molecule has 2 N–H and O–H groups in total. The number of aryl methyl sites for hydroxylation is 2. The number of oxime groups is 1. The van der Waals surface area contributed by atoms with Crippen LogP contribution in [-0.2, 0) is 28.5 Å². The monoisotopic (exact) mass is 559 g/mol. The Bertz CT molecular complexity index is 1260. The third-order valence-corrected chi connectivity index (χ3v) is 5.43. The fraction of sp³-hybridized carbons (Fsp3) is 0.429. The molecule has 208 valence electrons. The summed E-state index contributed by atoms with van der Waals surface area (Å²) >= 11 is 0. The summed E-state index contributed by atoms with van der Waals surface area (Å²) in [6.45, 7) is -1.02. The average Bonchev–Trinajstić information content (AvgIpc) is 3.40. The summed E-state index contributed by atoms with van der Waals surface area (Å²) in [5.41, 5.74) is -7.06. The first-order chi connectivity index (χ1) is 17.3. The van der Waals surface area contributed by atoms with Gasteiger partial charge in [0.05, 0.1) is 24.2 Å². The van der Waals surface area contributed by atoms with E-state index < -0.39 is 72.4 Å². The molecule has 1 unspecified atom stereocenters. The van der Waals surface area contributed by atoms with E-state index in [2.05, 4.69) is 20.4 Å². The van der Waals surface area contributed by atoms with Crippen LogP contribution in [0.3, 0.4) is 0 Å². The maximum atomic E-state index is 14.2. The molecule has 2 heterocycles. The quantitative estimate of drug-likeness (QED) is 0.528. The van der Waals surface area contributed by atoms with E-state index >= 15 is 0 Å². The van der Waals surface area contributed by atoms with Gasteiger partial charge in [0, 0.05) is 24.4 Å². The van der Waals surface area contributed by atoms with E-state index in [0.717, 1.165) is 13.1 Å². The average molecular weight is 559 g/mol. The zero-order valence-corrected chi connectivity index (χ0v) is 19.4. The molecule has 38 heavy (non-hydrogen) atoms. The number of carbonyl (C=O) groups excluding carboxylic acids is 2. The molecule has 0 radical (unpaired) electrons. The third kappa shape index (κ3) is 6.02. The molecule has 1 aromatic heterocycles. The third-order valence-electron chi connectivity index (χ3n) is 5.43. The molecule has 1 atom stereocenters. The van der Waals surface area contributed by atoms with Crippen molar-refractivity contribution in [3.8, 4) is 0 Å². The summed E-state index contributed by atoms with van der Waals surface area (Å²) in [6, 6.07) is 3.63. The van der Waals surface area contributed by atoms with Gasteiger partial charge in [0.1, 0.15) is 6.54 Å². The molecule has 0 saturated heterocycles. The van der Waals surface area contributed by atoms with E-state index in [1.807, 2.05) is 0 Å². The van der Waals surface area contributed by atoms with Crippen LogP contribution in [0.25, 0.3) is 0 Å². The van der Waals surface area contributed by atoms with Crippen LogP contribution in [0.4, 0.5) is 39.5 Å². The number of nitrogens with one attached hydrogen (secondary N) is 2. The Morgan fingerprint density at radius 1 is 1.08 bits per heavy atom. The van der Waals surface area contributed by atoms with Gasteiger partial charge in [0.25, 0.3) is 11.5 Å². The summed E-state index contributed by atoms with van der Waals surface area (Å²) in [6.07, 6.45) is -15.9. The van der Waals surface area contributed by atoms with Crippen molar-refractivity contribution in [2.24, 2.45) is 12.2 Å². The van der Waals surface area contributed by atoms with E-state index in [1.165, 1.54) is 19.1 Å². The summed E-state index contributed by atoms with van der Waals surface area (Å²) in [7, 11) is 1.01. The van der Waals surface area contributed by atoms with Crippen molar-refractivity contribution in [2.45, 2.75) is 37.5 Å². The maximum absolute atomic E-state index is 14.2. The number of hydrogen-bond acceptors (Lipinski definition) is 5. The van der Waals surface area contributed by atoms with E-state index in [1.54, 1.807) is 5.32 Å². The van der Waals surface area contributed by atoms with Gasteiger partial charge >= 0.3 is 18.5 Å². The molecular formula is C21H18F9N5O3. The Hall–Kier alpha value is -3.79. The number of carbonyl (C=O) groups is 2. The van der Waals surface area contributed by atoms with Crippen LogP contribution in [0.1, 0.15) is 39.2 Å². The van der Waals surface area contributed by atoms with Crippen LogP contribution in [0.2, 0.25) is 0 Å². The second-order valence-corrected chi connectivity index (χ2v) is 8.30. The van der Waals surface area contributed by atoms with Gasteiger partial charge in [-0.05, 0) is 18.6 Å². The molecule has 1 aliphatic heterocycles. The second-order valence-electron chi connectivity index (χ2n) is 8.30. The minimum Gasteiger partial charge on any atom is -0.374 e. The van der Waals surface area contributed by atoms with Gasteiger partial charge in [0.15, 0.2) is 5.69 Å². The predicted molar refractivity (Wildman–Crippen MR) is 111 cm³/mol. The highest BCUT2D eigenvalue weighted by atomic mass is 19.4. The number of nitrogens with zero attached hydrogens (tertiary/aromatic N) is 3. The van der Waals surface area contributed by atoms with Crippen LogP contribution in [0.15, 0.2) is 29.6 Å². The summed E-state index contributed by atoms with van der Waals surface area (Å²) in [4.78, 5) is 28.7. The van der Waals surface area contributed by atoms with Gasteiger partial charge < -0.3 is 15.5 Å². The number of alkyl halides is 9. The summed E-state index contributed by atoms with van der Waals surface area (Å²) in [5.74, 6) is -2.09. The SMILES string of the molecule is Cc1ccc(C2=NOC(c3cn(C)nc3C(F)(F)F)(C(F)(F)F)C2)cc1C(=O)NCC(=O)NCC(F)(F)F. The Balaban J connectivity index is 1.86. The van der Waals surface area contributed by atoms with Crippen molar-refractivity contribution >= 4 is 17.5 Å². The predicted octanol–water partition coefficient (Wildman–Crippen LogP) is 3.74. The minimum atomic E-state index is -5.37. The summed E-state index contributed by atoms with van der Waals surface area (Å²) < 4.78 is 120. The number of hydrogen-bond donors (Lipinski definition) is 2. The van der Waals surface area contributed by atoms with Crippen molar-refractivity contribution in [1.29, 1.82) is 0 Å². The smallest absolute Gasteiger partial charge is 0.374 e. The van der Waals surface area contributed by atoms with Crippen LogP contribution < -0.4 is 10.6 Å². The molecule has 0 bridgehead atoms. The molecule has 0 aliphatic carbocycles. The largest absolute Gasteiger partial charge is 0.435 e. The Morgan fingerprint density at radius 3 is 2.32 bits per heavy atom. The fourth-order valence-electron chi connectivity index (χ4n) is 3.59. The first kappa shape index (κ1) is 28.8. The van der Waals surface area contributed by atoms with Crippen molar-refractivity contribution in [3.63, 3.8) is 0 Å². The number of amides is 2. The molecule has 17 heteroatoms. The summed E-state index contributed by atoms with van der Waals surface area (Å²) in [5, 5.41) is 10.1. The highest BCUT2D eigenvalue weighted by Crippen LogP contribution is 2.51. The van der Waals surface area contributed by atoms with Gasteiger partial charge in [0.2, 0.25) is 5.91 Å². The lowest BCUT2D eigenvalue weighted by molar-refractivity contribution is -0.277. The lowest BCUT2D eigenvalue weighted by Crippen LogP contribution is -2.43. The molecule has 1 aromatic carbocycles. The first-order valence-corrected chi connectivity index (χ1v) is 10.5. The van der Waals surface area contributed by atoms with E-state index in [4.69, 9.17) is 0 Å². The number of rotatable bonds is 6. The van der Waals surface area contributed by atoms with Crippen LogP contribution in [-0.4, -0.2) is 52.7 Å². The van der Waals surface area contributed by atoms with Gasteiger partial charge in [-0.1, -0.05) is 17.3 Å². The molecule has 3 rings (SSSR count). The molecule has 2 amide bonds. The van der Waals surface area contributed by atoms with Crippen molar-refractivity contribution in [1.82, 2.24) is 20.4 Å². The molecule has 0 fully saturated rings. The van der Waals surface area contributed by atoms with Crippen LogP contribution in [0, 0.1) is 6.92 Å². The van der Waals surface area contributed by atoms with Gasteiger partial charge in [-0.15, -0.1) is 0 Å². The first-order valence-electron chi connectivity index (χ1n) is 10.5. The maximum Gasteiger partial charge on any atom is 0.435 e. The van der Waals surface area contributed by atoms with E-state index in [0.29, 0.717) is 10.9 Å². The van der Waals surface area contributed by atoms with Gasteiger partial charge in [-0.25, -0.2) is 0 Å². The minimum absolute atomic E-state index is 0.106. The number of halogens is 9. The molecular weight excluding hydrogens is 541 g/mol. The van der Waals surface area contributed by atoms with Crippen molar-refractivity contribution < 1.29 is 53.9 Å². The standard InChI is InChI=1S/C21H18F9N5O3/c1-10-3-4-11(5-12(10)17(37)31-7-15(36)32-9-19(22,23)24)14-6-18(38-34-14,21(28,29)30)13-8-35(2)33-16(13)20(25,26)27/h3-5,8H,6-7,9H2,1-2H3,(H,31,37)(H,32,36). The number of benzene rings is 1. The van der Waals surface area contributed by atoms with Crippen molar-refractivity contribution in [3.05, 3.63) is 52.3 Å². The number of aromatic nitrogens is 2. The molecule has 8 nitrogen and oxygen atoms in total. The second kappa shape index (κ2) is 9.83. The highest BCUT2D eigenvalue weighted by molar-refractivity contribution is 6.05. The molecule has 2 aromatic rings. The van der Waals surface area contributed by atoms with E-state index in [-0.39, 0.29) is 16.7 Å².